The highest BCUT2D eigenvalue weighted by Crippen LogP contribution is 2.19. The van der Waals surface area contributed by atoms with Gasteiger partial charge in [0.15, 0.2) is 0 Å². The molecule has 5 heteroatoms. The van der Waals surface area contributed by atoms with Crippen LogP contribution in [0.25, 0.3) is 0 Å². The van der Waals surface area contributed by atoms with Crippen LogP contribution in [-0.2, 0) is 13.2 Å². The molecule has 0 bridgehead atoms. The van der Waals surface area contributed by atoms with Crippen molar-refractivity contribution in [2.24, 2.45) is 0 Å². The second kappa shape index (κ2) is 8.76. The Hall–Kier alpha value is -3.21. The molecule has 26 heavy (non-hydrogen) atoms. The maximum Gasteiger partial charge on any atom is 0.216 e. The summed E-state index contributed by atoms with van der Waals surface area (Å²) in [7, 11) is 3.29. The van der Waals surface area contributed by atoms with Crippen LogP contribution in [0.1, 0.15) is 11.1 Å². The average molecular weight is 351 g/mol. The second-order valence-corrected chi connectivity index (χ2v) is 5.59. The Kier molecular flexibility index (Phi) is 5.93. The summed E-state index contributed by atoms with van der Waals surface area (Å²) in [5.74, 6) is 2.65. The Morgan fingerprint density at radius 3 is 1.92 bits per heavy atom. The zero-order chi connectivity index (χ0) is 18.2. The molecule has 0 aliphatic rings. The van der Waals surface area contributed by atoms with Gasteiger partial charge < -0.3 is 18.9 Å². The van der Waals surface area contributed by atoms with E-state index in [1.807, 2.05) is 60.7 Å². The maximum atomic E-state index is 5.75. The van der Waals surface area contributed by atoms with Crippen molar-refractivity contribution in [3.05, 3.63) is 77.9 Å². The number of rotatable bonds is 8. The van der Waals surface area contributed by atoms with Gasteiger partial charge in [-0.3, -0.25) is 0 Å². The van der Waals surface area contributed by atoms with Crippen molar-refractivity contribution < 1.29 is 18.9 Å². The third-order valence-electron chi connectivity index (χ3n) is 3.76. The maximum absolute atomic E-state index is 5.75. The number of methoxy groups -OCH3 is 2. The van der Waals surface area contributed by atoms with Gasteiger partial charge in [-0.1, -0.05) is 30.3 Å². The smallest absolute Gasteiger partial charge is 0.216 e. The topological polar surface area (TPSA) is 49.8 Å². The van der Waals surface area contributed by atoms with Crippen LogP contribution in [0.5, 0.6) is 23.3 Å². The lowest BCUT2D eigenvalue weighted by atomic mass is 10.2. The average Bonchev–Trinajstić information content (AvgIpc) is 2.71. The first kappa shape index (κ1) is 17.6. The van der Waals surface area contributed by atoms with Crippen molar-refractivity contribution >= 4 is 0 Å². The van der Waals surface area contributed by atoms with Crippen molar-refractivity contribution in [3.63, 3.8) is 0 Å². The highest BCUT2D eigenvalue weighted by Gasteiger charge is 2.03. The summed E-state index contributed by atoms with van der Waals surface area (Å²) < 4.78 is 21.9. The van der Waals surface area contributed by atoms with E-state index in [0.717, 1.165) is 22.6 Å². The third kappa shape index (κ3) is 4.89. The molecular formula is C21H21NO4. The van der Waals surface area contributed by atoms with Gasteiger partial charge in [-0.05, 0) is 35.4 Å². The van der Waals surface area contributed by atoms with E-state index in [1.54, 1.807) is 20.3 Å². The second-order valence-electron chi connectivity index (χ2n) is 5.59. The highest BCUT2D eigenvalue weighted by atomic mass is 16.5. The molecule has 2 aromatic carbocycles. The number of nitrogens with zero attached hydrogens (tertiary/aromatic N) is 1. The number of hydrogen-bond donors (Lipinski definition) is 0. The van der Waals surface area contributed by atoms with Crippen LogP contribution in [0.3, 0.4) is 0 Å². The molecule has 0 radical (unpaired) electrons. The summed E-state index contributed by atoms with van der Waals surface area (Å²) in [5.41, 5.74) is 2.05. The van der Waals surface area contributed by atoms with Crippen molar-refractivity contribution in [1.82, 2.24) is 4.98 Å². The van der Waals surface area contributed by atoms with Gasteiger partial charge in [0.05, 0.1) is 14.2 Å². The van der Waals surface area contributed by atoms with Gasteiger partial charge in [-0.15, -0.1) is 0 Å². The standard InChI is InChI=1S/C21H21NO4/c1-23-18-11-9-16(10-12-18)14-25-20-7-4-8-21(22-20)26-15-17-5-3-6-19(13-17)24-2/h3-13H,14-15H2,1-2H3. The van der Waals surface area contributed by atoms with E-state index in [-0.39, 0.29) is 0 Å². The highest BCUT2D eigenvalue weighted by molar-refractivity contribution is 5.29. The van der Waals surface area contributed by atoms with Gasteiger partial charge in [-0.2, -0.15) is 4.98 Å². The Morgan fingerprint density at radius 2 is 1.27 bits per heavy atom. The van der Waals surface area contributed by atoms with E-state index in [2.05, 4.69) is 4.98 Å². The summed E-state index contributed by atoms with van der Waals surface area (Å²) in [6, 6.07) is 20.9. The molecule has 0 amide bonds. The minimum Gasteiger partial charge on any atom is -0.497 e. The quantitative estimate of drug-likeness (QED) is 0.607. The van der Waals surface area contributed by atoms with E-state index >= 15 is 0 Å². The molecule has 134 valence electrons. The Bertz CT molecular complexity index is 833. The van der Waals surface area contributed by atoms with E-state index in [0.29, 0.717) is 25.0 Å². The molecule has 5 nitrogen and oxygen atoms in total. The first-order valence-electron chi connectivity index (χ1n) is 8.25. The van der Waals surface area contributed by atoms with Crippen LogP contribution in [0.15, 0.2) is 66.7 Å². The molecule has 0 aliphatic heterocycles. The fourth-order valence-electron chi connectivity index (χ4n) is 2.36. The largest absolute Gasteiger partial charge is 0.497 e. The lowest BCUT2D eigenvalue weighted by Gasteiger charge is -2.09. The Morgan fingerprint density at radius 1 is 0.654 bits per heavy atom. The van der Waals surface area contributed by atoms with Gasteiger partial charge in [0.1, 0.15) is 24.7 Å². The van der Waals surface area contributed by atoms with Crippen molar-refractivity contribution in [1.29, 1.82) is 0 Å². The van der Waals surface area contributed by atoms with E-state index in [9.17, 15) is 0 Å². The summed E-state index contributed by atoms with van der Waals surface area (Å²) in [6.07, 6.45) is 0. The number of benzene rings is 2. The molecule has 3 aromatic rings. The van der Waals surface area contributed by atoms with Crippen molar-refractivity contribution in [3.8, 4) is 23.3 Å². The van der Waals surface area contributed by atoms with Crippen LogP contribution in [0.2, 0.25) is 0 Å². The predicted octanol–water partition coefficient (Wildman–Crippen LogP) is 4.26. The van der Waals surface area contributed by atoms with Gasteiger partial charge in [0.25, 0.3) is 0 Å². The van der Waals surface area contributed by atoms with Gasteiger partial charge in [0.2, 0.25) is 11.8 Å². The van der Waals surface area contributed by atoms with E-state index in [1.165, 1.54) is 0 Å². The first-order chi connectivity index (χ1) is 12.8. The van der Waals surface area contributed by atoms with Crippen LogP contribution >= 0.6 is 0 Å². The van der Waals surface area contributed by atoms with E-state index in [4.69, 9.17) is 18.9 Å². The number of hydrogen-bond acceptors (Lipinski definition) is 5. The summed E-state index contributed by atoms with van der Waals surface area (Å²) in [6.45, 7) is 0.836. The monoisotopic (exact) mass is 351 g/mol. The molecule has 0 saturated carbocycles. The SMILES string of the molecule is COc1ccc(COc2cccc(OCc3cccc(OC)c3)n2)cc1. The van der Waals surface area contributed by atoms with E-state index < -0.39 is 0 Å². The minimum atomic E-state index is 0.409. The van der Waals surface area contributed by atoms with Gasteiger partial charge in [-0.25, -0.2) is 0 Å². The molecule has 3 rings (SSSR count). The molecule has 0 aliphatic carbocycles. The fourth-order valence-corrected chi connectivity index (χ4v) is 2.36. The summed E-state index contributed by atoms with van der Waals surface area (Å²) in [4.78, 5) is 4.38. The van der Waals surface area contributed by atoms with Crippen LogP contribution < -0.4 is 18.9 Å². The van der Waals surface area contributed by atoms with Gasteiger partial charge >= 0.3 is 0 Å². The van der Waals surface area contributed by atoms with Crippen molar-refractivity contribution in [2.75, 3.05) is 14.2 Å². The Balaban J connectivity index is 1.56. The zero-order valence-electron chi connectivity index (χ0n) is 14.8. The molecular weight excluding hydrogens is 330 g/mol. The number of aromatic nitrogens is 1. The molecule has 0 fully saturated rings. The van der Waals surface area contributed by atoms with Crippen molar-refractivity contribution in [2.45, 2.75) is 13.2 Å². The van der Waals surface area contributed by atoms with Crippen LogP contribution in [0, 0.1) is 0 Å². The Labute approximate surface area is 153 Å². The number of pyridine rings is 1. The third-order valence-corrected chi connectivity index (χ3v) is 3.76. The van der Waals surface area contributed by atoms with Gasteiger partial charge in [0, 0.05) is 12.1 Å². The molecule has 0 atom stereocenters. The molecule has 0 N–H and O–H groups in total. The van der Waals surface area contributed by atoms with Crippen LogP contribution in [-0.4, -0.2) is 19.2 Å². The minimum absolute atomic E-state index is 0.409. The predicted molar refractivity (Wildman–Crippen MR) is 98.9 cm³/mol. The molecule has 1 aromatic heterocycles. The molecule has 0 saturated heterocycles. The van der Waals surface area contributed by atoms with Crippen LogP contribution in [0.4, 0.5) is 0 Å². The molecule has 1 heterocycles. The lowest BCUT2D eigenvalue weighted by molar-refractivity contribution is 0.267. The summed E-state index contributed by atoms with van der Waals surface area (Å²) in [5, 5.41) is 0. The zero-order valence-corrected chi connectivity index (χ0v) is 14.8. The fraction of sp³-hybridized carbons (Fsp3) is 0.190. The molecule has 0 spiro atoms. The summed E-state index contributed by atoms with van der Waals surface area (Å²) >= 11 is 0. The number of ether oxygens (including phenoxy) is 4. The first-order valence-corrected chi connectivity index (χ1v) is 8.25. The lowest BCUT2D eigenvalue weighted by Crippen LogP contribution is -2.01. The molecule has 0 unspecified atom stereocenters. The normalized spacial score (nSPS) is 10.2.